The van der Waals surface area contributed by atoms with E-state index >= 15 is 0 Å². The van der Waals surface area contributed by atoms with E-state index in [-0.39, 0.29) is 31.1 Å². The van der Waals surface area contributed by atoms with Crippen LogP contribution in [-0.2, 0) is 28.6 Å². The van der Waals surface area contributed by atoms with E-state index in [4.69, 9.17) is 14.2 Å². The van der Waals surface area contributed by atoms with E-state index in [1.165, 1.54) is 122 Å². The van der Waals surface area contributed by atoms with Gasteiger partial charge in [0.1, 0.15) is 13.2 Å². The van der Waals surface area contributed by atoms with Gasteiger partial charge in [-0.1, -0.05) is 253 Å². The molecule has 0 aromatic heterocycles. The van der Waals surface area contributed by atoms with Gasteiger partial charge >= 0.3 is 17.9 Å². The molecule has 0 aliphatic carbocycles. The number of hydrogen-bond donors (Lipinski definition) is 0. The minimum absolute atomic E-state index is 0.0798. The molecule has 6 heteroatoms. The number of ether oxygens (including phenoxy) is 3. The largest absolute Gasteiger partial charge is 0.462 e. The fraction of sp³-hybridized carbons (Fsp3) is 0.708. The molecule has 0 radical (unpaired) electrons. The zero-order chi connectivity index (χ0) is 51.4. The zero-order valence-corrected chi connectivity index (χ0v) is 46.5. The predicted molar refractivity (Wildman–Crippen MR) is 307 cm³/mol. The lowest BCUT2D eigenvalue weighted by atomic mass is 10.0. The summed E-state index contributed by atoms with van der Waals surface area (Å²) in [6.45, 7) is 6.45. The molecule has 1 unspecified atom stereocenters. The van der Waals surface area contributed by atoms with Crippen molar-refractivity contribution in [2.24, 2.45) is 0 Å². The van der Waals surface area contributed by atoms with Gasteiger partial charge in [0.15, 0.2) is 6.10 Å². The maximum atomic E-state index is 12.8. The average Bonchev–Trinajstić information content (AvgIpc) is 3.37. The van der Waals surface area contributed by atoms with Crippen LogP contribution >= 0.6 is 0 Å². The number of rotatable bonds is 53. The Labute approximate surface area is 438 Å². The zero-order valence-electron chi connectivity index (χ0n) is 46.5. The van der Waals surface area contributed by atoms with Gasteiger partial charge in [-0.05, 0) is 103 Å². The van der Waals surface area contributed by atoms with E-state index in [0.717, 1.165) is 116 Å². The van der Waals surface area contributed by atoms with Crippen LogP contribution in [0.5, 0.6) is 0 Å². The summed E-state index contributed by atoms with van der Waals surface area (Å²) in [6.07, 6.45) is 78.7. The van der Waals surface area contributed by atoms with Crippen LogP contribution in [0.2, 0.25) is 0 Å². The van der Waals surface area contributed by atoms with Crippen LogP contribution in [0.1, 0.15) is 278 Å². The highest BCUT2D eigenvalue weighted by molar-refractivity contribution is 5.71. The van der Waals surface area contributed by atoms with E-state index in [1.54, 1.807) is 0 Å². The topological polar surface area (TPSA) is 78.9 Å². The molecule has 0 aliphatic heterocycles. The van der Waals surface area contributed by atoms with E-state index < -0.39 is 6.10 Å². The van der Waals surface area contributed by atoms with E-state index in [0.29, 0.717) is 19.3 Å². The van der Waals surface area contributed by atoms with Crippen LogP contribution in [0.15, 0.2) is 97.2 Å². The van der Waals surface area contributed by atoms with Crippen LogP contribution in [0.4, 0.5) is 0 Å². The van der Waals surface area contributed by atoms with Crippen molar-refractivity contribution in [1.82, 2.24) is 0 Å². The highest BCUT2D eigenvalue weighted by Gasteiger charge is 2.19. The van der Waals surface area contributed by atoms with Gasteiger partial charge in [-0.25, -0.2) is 0 Å². The lowest BCUT2D eigenvalue weighted by Crippen LogP contribution is -2.30. The molecule has 0 N–H and O–H groups in total. The number of esters is 3. The van der Waals surface area contributed by atoms with Crippen molar-refractivity contribution in [1.29, 1.82) is 0 Å². The van der Waals surface area contributed by atoms with Gasteiger partial charge in [-0.15, -0.1) is 0 Å². The monoisotopic (exact) mass is 987 g/mol. The van der Waals surface area contributed by atoms with Gasteiger partial charge in [0.2, 0.25) is 0 Å². The molecule has 0 saturated carbocycles. The van der Waals surface area contributed by atoms with Crippen LogP contribution in [0.3, 0.4) is 0 Å². The van der Waals surface area contributed by atoms with Gasteiger partial charge in [-0.2, -0.15) is 0 Å². The number of hydrogen-bond acceptors (Lipinski definition) is 6. The predicted octanol–water partition coefficient (Wildman–Crippen LogP) is 20.1. The second-order valence-corrected chi connectivity index (χ2v) is 19.5. The number of carbonyl (C=O) groups is 3. The molecule has 0 aliphatic rings. The standard InChI is InChI=1S/C65H110O6/c1-4-7-10-13-16-18-20-22-24-25-26-27-28-29-30-31-32-33-34-35-36-37-38-39-40-41-42-44-45-47-49-52-55-58-64(67)70-61-62(60-69-63(66)57-54-51-15-12-9-6-3)71-65(68)59-56-53-50-48-46-43-23-21-19-17-14-11-8-5-2/h7,10,16,18,21-24,26-27,29-30,32-33,35-36,62H,4-6,8-9,11-15,17,19-20,25,28,31,34,37-61H2,1-3H3/b10-7-,18-16-,23-21-,24-22-,27-26-,30-29-,33-32-,36-35-. The third-order valence-corrected chi connectivity index (χ3v) is 12.6. The molecule has 1 atom stereocenters. The first-order chi connectivity index (χ1) is 35.0. The third-order valence-electron chi connectivity index (χ3n) is 12.6. The molecular weight excluding hydrogens is 877 g/mol. The van der Waals surface area contributed by atoms with E-state index in [9.17, 15) is 14.4 Å². The molecule has 0 heterocycles. The molecule has 0 aromatic rings. The van der Waals surface area contributed by atoms with Crippen molar-refractivity contribution in [2.75, 3.05) is 13.2 Å². The maximum Gasteiger partial charge on any atom is 0.306 e. The number of carbonyl (C=O) groups excluding carboxylic acids is 3. The van der Waals surface area contributed by atoms with Crippen LogP contribution in [-0.4, -0.2) is 37.2 Å². The van der Waals surface area contributed by atoms with Crippen molar-refractivity contribution < 1.29 is 28.6 Å². The van der Waals surface area contributed by atoms with Gasteiger partial charge in [0.25, 0.3) is 0 Å². The highest BCUT2D eigenvalue weighted by Crippen LogP contribution is 2.15. The summed E-state index contributed by atoms with van der Waals surface area (Å²) in [4.78, 5) is 37.8. The molecule has 0 rings (SSSR count). The Morgan fingerprint density at radius 3 is 0.873 bits per heavy atom. The van der Waals surface area contributed by atoms with Gasteiger partial charge in [-0.3, -0.25) is 14.4 Å². The minimum atomic E-state index is -0.778. The Kier molecular flexibility index (Phi) is 55.9. The Balaban J connectivity index is 4.05. The average molecular weight is 988 g/mol. The Bertz CT molecular complexity index is 1410. The molecular formula is C65H110O6. The van der Waals surface area contributed by atoms with Crippen LogP contribution in [0, 0.1) is 0 Å². The minimum Gasteiger partial charge on any atom is -0.462 e. The fourth-order valence-corrected chi connectivity index (χ4v) is 8.12. The highest BCUT2D eigenvalue weighted by atomic mass is 16.6. The van der Waals surface area contributed by atoms with Crippen molar-refractivity contribution >= 4 is 17.9 Å². The summed E-state index contributed by atoms with van der Waals surface area (Å²) in [7, 11) is 0. The summed E-state index contributed by atoms with van der Waals surface area (Å²) in [6, 6.07) is 0. The third kappa shape index (κ3) is 57.1. The van der Waals surface area contributed by atoms with Crippen molar-refractivity contribution in [3.8, 4) is 0 Å². The second-order valence-electron chi connectivity index (χ2n) is 19.5. The maximum absolute atomic E-state index is 12.8. The quantitative estimate of drug-likeness (QED) is 0.0261. The van der Waals surface area contributed by atoms with Crippen LogP contribution < -0.4 is 0 Å². The lowest BCUT2D eigenvalue weighted by Gasteiger charge is -2.18. The summed E-state index contributed by atoms with van der Waals surface area (Å²) in [5.41, 5.74) is 0. The Morgan fingerprint density at radius 2 is 0.549 bits per heavy atom. The van der Waals surface area contributed by atoms with Crippen molar-refractivity contribution in [2.45, 2.75) is 284 Å². The summed E-state index contributed by atoms with van der Waals surface area (Å²) < 4.78 is 16.7. The summed E-state index contributed by atoms with van der Waals surface area (Å²) >= 11 is 0. The summed E-state index contributed by atoms with van der Waals surface area (Å²) in [5, 5.41) is 0. The first kappa shape index (κ1) is 67.3. The molecule has 0 aromatic carbocycles. The molecule has 6 nitrogen and oxygen atoms in total. The van der Waals surface area contributed by atoms with Gasteiger partial charge in [0.05, 0.1) is 0 Å². The van der Waals surface area contributed by atoms with Crippen molar-refractivity contribution in [3.63, 3.8) is 0 Å². The van der Waals surface area contributed by atoms with E-state index in [1.807, 2.05) is 0 Å². The summed E-state index contributed by atoms with van der Waals surface area (Å²) in [5.74, 6) is -0.898. The van der Waals surface area contributed by atoms with E-state index in [2.05, 4.69) is 118 Å². The number of allylic oxidation sites excluding steroid dienone is 16. The molecule has 0 saturated heterocycles. The molecule has 0 spiro atoms. The Morgan fingerprint density at radius 1 is 0.296 bits per heavy atom. The molecule has 0 amide bonds. The number of unbranched alkanes of at least 4 members (excludes halogenated alkanes) is 26. The molecule has 0 fully saturated rings. The van der Waals surface area contributed by atoms with Gasteiger partial charge in [0, 0.05) is 19.3 Å². The SMILES string of the molecule is CC/C=C\C/C=C\C/C=C\C/C=C\C/C=C\C/C=C\C/C=C\CCCCCCCCCCCCCC(=O)OCC(COC(=O)CCCCCCCC)OC(=O)CCCCCCC/C=C\CCCCCCC. The lowest BCUT2D eigenvalue weighted by molar-refractivity contribution is -0.167. The van der Waals surface area contributed by atoms with Crippen LogP contribution in [0.25, 0.3) is 0 Å². The smallest absolute Gasteiger partial charge is 0.306 e. The fourth-order valence-electron chi connectivity index (χ4n) is 8.12. The normalized spacial score (nSPS) is 12.8. The molecule has 0 bridgehead atoms. The van der Waals surface area contributed by atoms with Crippen molar-refractivity contribution in [3.05, 3.63) is 97.2 Å². The first-order valence-electron chi connectivity index (χ1n) is 29.7. The first-order valence-corrected chi connectivity index (χ1v) is 29.7. The Hall–Kier alpha value is -3.67. The second kappa shape index (κ2) is 58.9. The molecule has 406 valence electrons. The van der Waals surface area contributed by atoms with Gasteiger partial charge < -0.3 is 14.2 Å². The molecule has 71 heavy (non-hydrogen) atoms.